The first-order valence-electron chi connectivity index (χ1n) is 8.99. The Hall–Kier alpha value is -1.11. The van der Waals surface area contributed by atoms with Gasteiger partial charge in [-0.25, -0.2) is 4.68 Å². The fourth-order valence-corrected chi connectivity index (χ4v) is 4.52. The Morgan fingerprint density at radius 1 is 1.09 bits per heavy atom. The van der Waals surface area contributed by atoms with Gasteiger partial charge in [0.2, 0.25) is 11.1 Å². The van der Waals surface area contributed by atoms with E-state index >= 15 is 0 Å². The van der Waals surface area contributed by atoms with Crippen LogP contribution in [0.15, 0.2) is 5.16 Å². The van der Waals surface area contributed by atoms with Crippen molar-refractivity contribution in [1.29, 1.82) is 0 Å². The summed E-state index contributed by atoms with van der Waals surface area (Å²) in [5.74, 6) is 0.232. The van der Waals surface area contributed by atoms with Crippen molar-refractivity contribution in [1.82, 2.24) is 25.1 Å². The second-order valence-electron chi connectivity index (χ2n) is 6.70. The van der Waals surface area contributed by atoms with Gasteiger partial charge in [-0.15, -0.1) is 5.10 Å². The van der Waals surface area contributed by atoms with Gasteiger partial charge in [0, 0.05) is 13.1 Å². The Morgan fingerprint density at radius 3 is 2.43 bits per heavy atom. The fourth-order valence-electron chi connectivity index (χ4n) is 3.57. The van der Waals surface area contributed by atoms with Crippen LogP contribution in [0.1, 0.15) is 70.8 Å². The molecule has 1 atom stereocenters. The quantitative estimate of drug-likeness (QED) is 0.790. The van der Waals surface area contributed by atoms with Gasteiger partial charge < -0.3 is 4.90 Å². The standard InChI is InChI=1S/C16H27N5OS/c1-13(15(22)20-11-7-2-3-8-12-20)23-16-17-18-19-21(16)14-9-5-4-6-10-14/h13-14H,2-12H2,1H3. The lowest BCUT2D eigenvalue weighted by Crippen LogP contribution is -2.37. The van der Waals surface area contributed by atoms with Gasteiger partial charge in [0.1, 0.15) is 0 Å². The van der Waals surface area contributed by atoms with Crippen molar-refractivity contribution in [3.8, 4) is 0 Å². The predicted octanol–water partition coefficient (Wildman–Crippen LogP) is 3.06. The van der Waals surface area contributed by atoms with E-state index in [1.165, 1.54) is 43.9 Å². The molecule has 3 rings (SSSR count). The molecule has 0 radical (unpaired) electrons. The molecule has 0 spiro atoms. The second kappa shape index (κ2) is 8.13. The summed E-state index contributed by atoms with van der Waals surface area (Å²) in [5, 5.41) is 12.9. The fraction of sp³-hybridized carbons (Fsp3) is 0.875. The second-order valence-corrected chi connectivity index (χ2v) is 8.01. The zero-order valence-electron chi connectivity index (χ0n) is 14.0. The highest BCUT2D eigenvalue weighted by molar-refractivity contribution is 8.00. The molecule has 1 aliphatic heterocycles. The highest BCUT2D eigenvalue weighted by Crippen LogP contribution is 2.31. The number of hydrogen-bond acceptors (Lipinski definition) is 5. The number of nitrogens with zero attached hydrogens (tertiary/aromatic N) is 5. The zero-order valence-corrected chi connectivity index (χ0v) is 14.8. The minimum atomic E-state index is -0.124. The summed E-state index contributed by atoms with van der Waals surface area (Å²) in [5.41, 5.74) is 0. The van der Waals surface area contributed by atoms with Gasteiger partial charge >= 0.3 is 0 Å². The molecule has 7 heteroatoms. The lowest BCUT2D eigenvalue weighted by atomic mass is 9.96. The van der Waals surface area contributed by atoms with Crippen molar-refractivity contribution < 1.29 is 4.79 Å². The number of rotatable bonds is 4. The number of amides is 1. The van der Waals surface area contributed by atoms with E-state index in [0.717, 1.165) is 43.9 Å². The van der Waals surface area contributed by atoms with Crippen LogP contribution in [0.3, 0.4) is 0 Å². The highest BCUT2D eigenvalue weighted by atomic mass is 32.2. The summed E-state index contributed by atoms with van der Waals surface area (Å²) in [7, 11) is 0. The monoisotopic (exact) mass is 337 g/mol. The minimum absolute atomic E-state index is 0.124. The van der Waals surface area contributed by atoms with Crippen molar-refractivity contribution in [2.45, 2.75) is 81.2 Å². The van der Waals surface area contributed by atoms with E-state index in [1.807, 2.05) is 16.5 Å². The molecule has 0 aromatic carbocycles. The summed E-state index contributed by atoms with van der Waals surface area (Å²) >= 11 is 1.51. The van der Waals surface area contributed by atoms with Crippen LogP contribution in [-0.2, 0) is 4.79 Å². The maximum Gasteiger partial charge on any atom is 0.235 e. The first-order chi connectivity index (χ1) is 11.3. The van der Waals surface area contributed by atoms with Gasteiger partial charge in [-0.3, -0.25) is 4.79 Å². The summed E-state index contributed by atoms with van der Waals surface area (Å²) in [6, 6.07) is 0.404. The van der Waals surface area contributed by atoms with Crippen LogP contribution in [0.2, 0.25) is 0 Å². The number of thioether (sulfide) groups is 1. The summed E-state index contributed by atoms with van der Waals surface area (Å²) in [4.78, 5) is 14.7. The number of carbonyl (C=O) groups excluding carboxylic acids is 1. The van der Waals surface area contributed by atoms with E-state index in [2.05, 4.69) is 15.5 Å². The third-order valence-electron chi connectivity index (χ3n) is 4.93. The molecule has 1 amide bonds. The number of carbonyl (C=O) groups is 1. The molecule has 1 saturated heterocycles. The van der Waals surface area contributed by atoms with Gasteiger partial charge in [-0.2, -0.15) is 0 Å². The van der Waals surface area contributed by atoms with E-state index in [-0.39, 0.29) is 11.2 Å². The van der Waals surface area contributed by atoms with E-state index in [1.54, 1.807) is 0 Å². The lowest BCUT2D eigenvalue weighted by Gasteiger charge is -2.25. The number of likely N-dealkylation sites (tertiary alicyclic amines) is 1. The zero-order chi connectivity index (χ0) is 16.1. The Morgan fingerprint density at radius 2 is 1.74 bits per heavy atom. The molecule has 2 fully saturated rings. The van der Waals surface area contributed by atoms with Crippen LogP contribution in [0.4, 0.5) is 0 Å². The third-order valence-corrected chi connectivity index (χ3v) is 5.97. The van der Waals surface area contributed by atoms with Crippen LogP contribution in [0.25, 0.3) is 0 Å². The molecule has 2 aliphatic rings. The molecular weight excluding hydrogens is 310 g/mol. The Labute approximate surface area is 142 Å². The van der Waals surface area contributed by atoms with Crippen LogP contribution in [0, 0.1) is 0 Å². The maximum absolute atomic E-state index is 12.7. The molecule has 128 valence electrons. The molecule has 1 aromatic rings. The van der Waals surface area contributed by atoms with Gasteiger partial charge in [-0.1, -0.05) is 43.9 Å². The molecule has 2 heterocycles. The molecule has 1 saturated carbocycles. The summed E-state index contributed by atoms with van der Waals surface area (Å²) < 4.78 is 1.95. The van der Waals surface area contributed by atoms with Gasteiger partial charge in [-0.05, 0) is 43.0 Å². The molecular formula is C16H27N5OS. The Bertz CT molecular complexity index is 506. The third kappa shape index (κ3) is 4.25. The van der Waals surface area contributed by atoms with E-state index in [9.17, 15) is 4.79 Å². The van der Waals surface area contributed by atoms with Crippen LogP contribution >= 0.6 is 11.8 Å². The molecule has 1 aromatic heterocycles. The first kappa shape index (κ1) is 16.7. The van der Waals surface area contributed by atoms with Crippen molar-refractivity contribution in [2.75, 3.05) is 13.1 Å². The van der Waals surface area contributed by atoms with Crippen LogP contribution < -0.4 is 0 Å². The molecule has 0 N–H and O–H groups in total. The molecule has 1 aliphatic carbocycles. The van der Waals surface area contributed by atoms with Crippen LogP contribution in [0.5, 0.6) is 0 Å². The van der Waals surface area contributed by atoms with Gasteiger partial charge in [0.15, 0.2) is 0 Å². The van der Waals surface area contributed by atoms with E-state index in [4.69, 9.17) is 0 Å². The number of hydrogen-bond donors (Lipinski definition) is 0. The number of tetrazole rings is 1. The SMILES string of the molecule is CC(Sc1nnnn1C1CCCCC1)C(=O)N1CCCCCC1. The Balaban J connectivity index is 1.62. The van der Waals surface area contributed by atoms with Crippen molar-refractivity contribution in [3.63, 3.8) is 0 Å². The lowest BCUT2D eigenvalue weighted by molar-refractivity contribution is -0.130. The van der Waals surface area contributed by atoms with Gasteiger partial charge in [0.05, 0.1) is 11.3 Å². The largest absolute Gasteiger partial charge is 0.342 e. The topological polar surface area (TPSA) is 63.9 Å². The smallest absolute Gasteiger partial charge is 0.235 e. The summed E-state index contributed by atoms with van der Waals surface area (Å²) in [6.45, 7) is 3.78. The van der Waals surface area contributed by atoms with E-state index < -0.39 is 0 Å². The normalized spacial score (nSPS) is 21.9. The van der Waals surface area contributed by atoms with Crippen molar-refractivity contribution >= 4 is 17.7 Å². The molecule has 6 nitrogen and oxygen atoms in total. The molecule has 1 unspecified atom stereocenters. The molecule has 23 heavy (non-hydrogen) atoms. The minimum Gasteiger partial charge on any atom is -0.342 e. The van der Waals surface area contributed by atoms with Crippen molar-refractivity contribution in [3.05, 3.63) is 0 Å². The highest BCUT2D eigenvalue weighted by Gasteiger charge is 2.26. The average Bonchev–Trinajstić information content (AvgIpc) is 2.87. The maximum atomic E-state index is 12.7. The van der Waals surface area contributed by atoms with Crippen molar-refractivity contribution in [2.24, 2.45) is 0 Å². The van der Waals surface area contributed by atoms with Crippen LogP contribution in [-0.4, -0.2) is 49.4 Å². The average molecular weight is 337 g/mol. The van der Waals surface area contributed by atoms with Gasteiger partial charge in [0.25, 0.3) is 0 Å². The molecule has 0 bridgehead atoms. The first-order valence-corrected chi connectivity index (χ1v) is 9.87. The predicted molar refractivity (Wildman–Crippen MR) is 90.3 cm³/mol. The number of aromatic nitrogens is 4. The van der Waals surface area contributed by atoms with E-state index in [0.29, 0.717) is 6.04 Å². The summed E-state index contributed by atoms with van der Waals surface area (Å²) in [6.07, 6.45) is 10.8. The Kier molecular flexibility index (Phi) is 5.91.